The van der Waals surface area contributed by atoms with Gasteiger partial charge in [0.05, 0.1) is 0 Å². The van der Waals surface area contributed by atoms with Crippen molar-refractivity contribution in [1.82, 2.24) is 0 Å². The van der Waals surface area contributed by atoms with Crippen molar-refractivity contribution in [3.63, 3.8) is 0 Å². The summed E-state index contributed by atoms with van der Waals surface area (Å²) in [6.45, 7) is 0. The first-order chi connectivity index (χ1) is 1.73. The van der Waals surface area contributed by atoms with E-state index in [0.29, 0.717) is 0 Å². The first-order valence-corrected chi connectivity index (χ1v) is 12.4. The van der Waals surface area contributed by atoms with Gasteiger partial charge >= 0.3 is 47.6 Å². The molecule has 28 valence electrons. The maximum Gasteiger partial charge on any atom is 0 e. The summed E-state index contributed by atoms with van der Waals surface area (Å²) in [7, 11) is 0. The first-order valence-electron chi connectivity index (χ1n) is 0.567. The van der Waals surface area contributed by atoms with Gasteiger partial charge in [-0.3, -0.25) is 0 Å². The molecule has 0 aromatic rings. The van der Waals surface area contributed by atoms with E-state index in [2.05, 4.69) is 0 Å². The van der Waals surface area contributed by atoms with Crippen molar-refractivity contribution in [2.75, 3.05) is 0 Å². The Balaban J connectivity index is 0. The van der Waals surface area contributed by atoms with Gasteiger partial charge in [-0.15, -0.1) is 0 Å². The molecule has 0 aromatic heterocycles. The molecule has 5 heavy (non-hydrogen) atoms. The van der Waals surface area contributed by atoms with E-state index >= 15 is 0 Å². The van der Waals surface area contributed by atoms with Gasteiger partial charge in [0.2, 0.25) is 0 Å². The van der Waals surface area contributed by atoms with Gasteiger partial charge in [0, 0.05) is 41.3 Å². The predicted molar refractivity (Wildman–Crippen MR) is 17.6 cm³/mol. The minimum absolute atomic E-state index is 0. The molecule has 0 N–H and O–H groups in total. The zero-order valence-electron chi connectivity index (χ0n) is 2.21. The summed E-state index contributed by atoms with van der Waals surface area (Å²) >= 11 is -2.24. The number of halogens is 3. The number of hydrogen-bond acceptors (Lipinski definition) is 0. The van der Waals surface area contributed by atoms with Gasteiger partial charge in [0.25, 0.3) is 0 Å². The summed E-state index contributed by atoms with van der Waals surface area (Å²) in [6.07, 6.45) is 0. The summed E-state index contributed by atoms with van der Waals surface area (Å²) in [5.74, 6) is 0. The fourth-order valence-corrected chi connectivity index (χ4v) is 0. The van der Waals surface area contributed by atoms with Crippen LogP contribution in [0.5, 0.6) is 0 Å². The van der Waals surface area contributed by atoms with E-state index in [1.54, 1.807) is 0 Å². The minimum atomic E-state index is -2.24. The van der Waals surface area contributed by atoms with E-state index in [1.165, 1.54) is 0 Å². The quantitative estimate of drug-likeness (QED) is 0.597. The third-order valence-corrected chi connectivity index (χ3v) is 0. The van der Waals surface area contributed by atoms with Crippen LogP contribution in [0.15, 0.2) is 0 Å². The SMILES string of the molecule is [Cl][Ce]([Cl])[Cl].[Pr]. The van der Waals surface area contributed by atoms with Gasteiger partial charge in [-0.25, -0.2) is 0 Å². The Labute approximate surface area is 85.7 Å². The normalized spacial score (nSPS) is 5.40. The molecule has 0 saturated carbocycles. The van der Waals surface area contributed by atoms with Gasteiger partial charge in [0.15, 0.2) is 0 Å². The van der Waals surface area contributed by atoms with Gasteiger partial charge in [0.1, 0.15) is 0 Å². The number of hydrogen-bond donors (Lipinski definition) is 0. The molecule has 0 rings (SSSR count). The van der Waals surface area contributed by atoms with E-state index in [0.717, 1.165) is 0 Å². The second kappa shape index (κ2) is 7.61. The summed E-state index contributed by atoms with van der Waals surface area (Å²) < 4.78 is 0. The minimum Gasteiger partial charge on any atom is 0 e. The predicted octanol–water partition coefficient (Wildman–Crippen LogP) is 2.07. The first kappa shape index (κ1) is 11.4. The van der Waals surface area contributed by atoms with Crippen LogP contribution in [0.1, 0.15) is 0 Å². The zero-order chi connectivity index (χ0) is 3.58. The maximum absolute atomic E-state index is 5.02. The molecule has 0 bridgehead atoms. The summed E-state index contributed by atoms with van der Waals surface area (Å²) in [5, 5.41) is 0. The van der Waals surface area contributed by atoms with Gasteiger partial charge in [-0.2, -0.15) is 0 Å². The smallest absolute Gasteiger partial charge is 0 e. The van der Waals surface area contributed by atoms with Gasteiger partial charge in [-0.05, 0) is 0 Å². The molecule has 0 aliphatic heterocycles. The Bertz CT molecular complexity index is 11.6. The van der Waals surface area contributed by atoms with Crippen LogP contribution in [-0.2, 0) is 0 Å². The van der Waals surface area contributed by atoms with E-state index in [9.17, 15) is 0 Å². The van der Waals surface area contributed by atoms with Crippen LogP contribution in [0, 0.1) is 72.0 Å². The standard InChI is InChI=1S/Ce.3ClH.Pr/h;3*1H;/q+3;;;;/p-3. The number of rotatable bonds is 0. The van der Waals surface area contributed by atoms with Crippen molar-refractivity contribution < 1.29 is 72.0 Å². The molecule has 0 nitrogen and oxygen atoms in total. The Hall–Kier alpha value is 3.61. The molecular formula is CeCl3Pr. The Morgan fingerprint density at radius 2 is 1.00 bits per heavy atom. The third kappa shape index (κ3) is 18.4. The molecule has 0 fully saturated rings. The molecule has 0 aliphatic rings. The molecular weight excluding hydrogens is 387 g/mol. The van der Waals surface area contributed by atoms with E-state index in [1.807, 2.05) is 0 Å². The van der Waals surface area contributed by atoms with Crippen LogP contribution in [0.4, 0.5) is 0 Å². The van der Waals surface area contributed by atoms with Crippen LogP contribution in [0.25, 0.3) is 0 Å². The van der Waals surface area contributed by atoms with Crippen molar-refractivity contribution in [3.05, 3.63) is 0 Å². The van der Waals surface area contributed by atoms with Crippen LogP contribution < -0.4 is 0 Å². The summed E-state index contributed by atoms with van der Waals surface area (Å²) in [6, 6.07) is 0. The topological polar surface area (TPSA) is 0 Å². The van der Waals surface area contributed by atoms with Crippen molar-refractivity contribution in [2.45, 2.75) is 0 Å². The molecule has 0 spiro atoms. The largest absolute Gasteiger partial charge is 0 e. The van der Waals surface area contributed by atoms with E-state index in [4.69, 9.17) is 16.9 Å². The molecule has 1 radical (unpaired) electrons. The maximum atomic E-state index is 5.02. The fraction of sp³-hybridized carbons (Fsp3) is 0. The third-order valence-electron chi connectivity index (χ3n) is 0. The van der Waals surface area contributed by atoms with Crippen molar-refractivity contribution in [2.24, 2.45) is 0 Å². The second-order valence-corrected chi connectivity index (χ2v) is 14.0. The molecule has 0 amide bonds. The van der Waals surface area contributed by atoms with Crippen LogP contribution >= 0.6 is 16.9 Å². The Morgan fingerprint density at radius 1 is 1.00 bits per heavy atom. The van der Waals surface area contributed by atoms with Crippen molar-refractivity contribution in [1.29, 1.82) is 0 Å². The molecule has 0 atom stereocenters. The molecule has 0 unspecified atom stereocenters. The average molecular weight is 387 g/mol. The van der Waals surface area contributed by atoms with E-state index < -0.39 is 30.7 Å². The van der Waals surface area contributed by atoms with Crippen LogP contribution in [0.2, 0.25) is 0 Å². The van der Waals surface area contributed by atoms with Crippen LogP contribution in [0.3, 0.4) is 0 Å². The molecule has 0 aliphatic carbocycles. The fourth-order valence-electron chi connectivity index (χ4n) is 0. The van der Waals surface area contributed by atoms with Gasteiger partial charge < -0.3 is 0 Å². The second-order valence-electron chi connectivity index (χ2n) is 0.214. The van der Waals surface area contributed by atoms with Crippen molar-refractivity contribution >= 4 is 16.9 Å². The molecule has 0 heterocycles. The van der Waals surface area contributed by atoms with Gasteiger partial charge in [-0.1, -0.05) is 0 Å². The average Bonchev–Trinajstić information content (AvgIpc) is 0.811. The summed E-state index contributed by atoms with van der Waals surface area (Å²) in [4.78, 5) is 0. The van der Waals surface area contributed by atoms with Crippen LogP contribution in [-0.4, -0.2) is 0 Å². The molecule has 0 aromatic carbocycles. The summed E-state index contributed by atoms with van der Waals surface area (Å²) in [5.41, 5.74) is 15.1. The Morgan fingerprint density at radius 3 is 1.00 bits per heavy atom. The van der Waals surface area contributed by atoms with Crippen molar-refractivity contribution in [3.8, 4) is 0 Å². The monoisotopic (exact) mass is 386 g/mol. The Kier molecular flexibility index (Phi) is 17.4. The van der Waals surface area contributed by atoms with E-state index in [-0.39, 0.29) is 41.3 Å². The molecule has 5 heteroatoms. The zero-order valence-corrected chi connectivity index (χ0v) is 11.3. The molecule has 0 saturated heterocycles.